The number of hydrogen-bond acceptors (Lipinski definition) is 4. The van der Waals surface area contributed by atoms with Crippen LogP contribution < -0.4 is 0 Å². The fourth-order valence-electron chi connectivity index (χ4n) is 2.91. The molecule has 2 aromatic heterocycles. The molecule has 4 nitrogen and oxygen atoms in total. The maximum absolute atomic E-state index is 4.49. The van der Waals surface area contributed by atoms with Gasteiger partial charge in [-0.2, -0.15) is 0 Å². The van der Waals surface area contributed by atoms with Crippen LogP contribution in [-0.2, 0) is 5.75 Å². The predicted octanol–water partition coefficient (Wildman–Crippen LogP) is 5.24. The summed E-state index contributed by atoms with van der Waals surface area (Å²) in [7, 11) is 0. The molecule has 0 saturated heterocycles. The molecule has 2 aromatic carbocycles. The lowest BCUT2D eigenvalue weighted by molar-refractivity contribution is 0.880. The minimum absolute atomic E-state index is 0.809. The minimum atomic E-state index is 0.809. The van der Waals surface area contributed by atoms with Gasteiger partial charge in [-0.1, -0.05) is 59.8 Å². The van der Waals surface area contributed by atoms with Gasteiger partial charge in [0.2, 0.25) is 0 Å². The lowest BCUT2D eigenvalue weighted by Crippen LogP contribution is -2.02. The molecule has 0 aliphatic rings. The third-order valence-corrected chi connectivity index (χ3v) is 5.40. The van der Waals surface area contributed by atoms with E-state index in [9.17, 15) is 0 Å². The maximum Gasteiger partial charge on any atom is 0.196 e. The van der Waals surface area contributed by atoms with Crippen molar-refractivity contribution in [1.82, 2.24) is 19.7 Å². The number of pyridine rings is 1. The molecule has 4 aromatic rings. The van der Waals surface area contributed by atoms with Crippen LogP contribution in [0.5, 0.6) is 0 Å². The van der Waals surface area contributed by atoms with Gasteiger partial charge in [-0.3, -0.25) is 9.55 Å². The molecule has 0 atom stereocenters. The van der Waals surface area contributed by atoms with Crippen molar-refractivity contribution < 1.29 is 0 Å². The van der Waals surface area contributed by atoms with Crippen molar-refractivity contribution >= 4 is 11.8 Å². The maximum atomic E-state index is 4.49. The molecule has 0 spiro atoms. The van der Waals surface area contributed by atoms with Crippen LogP contribution in [0.25, 0.3) is 17.1 Å². The van der Waals surface area contributed by atoms with Crippen LogP contribution in [0.1, 0.15) is 16.7 Å². The van der Waals surface area contributed by atoms with Crippen LogP contribution in [0.15, 0.2) is 78.2 Å². The van der Waals surface area contributed by atoms with Gasteiger partial charge in [0.15, 0.2) is 11.0 Å². The molecule has 4 rings (SSSR count). The third kappa shape index (κ3) is 3.78. The van der Waals surface area contributed by atoms with Crippen molar-refractivity contribution in [2.45, 2.75) is 24.8 Å². The average Bonchev–Trinajstić information content (AvgIpc) is 3.12. The Hall–Kier alpha value is -2.92. The molecule has 0 aliphatic carbocycles. The number of rotatable bonds is 5. The van der Waals surface area contributed by atoms with E-state index in [-0.39, 0.29) is 0 Å². The fraction of sp³-hybridized carbons (Fsp3) is 0.136. The third-order valence-electron chi connectivity index (χ3n) is 4.40. The Kier molecular flexibility index (Phi) is 5.03. The molecule has 0 aliphatic heterocycles. The van der Waals surface area contributed by atoms with Gasteiger partial charge in [0.05, 0.1) is 5.69 Å². The molecule has 0 fully saturated rings. The summed E-state index contributed by atoms with van der Waals surface area (Å²) in [5.74, 6) is 1.65. The molecule has 0 amide bonds. The SMILES string of the molecule is Cc1ccc(CSc2nnc(-c3cccnc3)n2-c2ccccc2C)cc1. The first kappa shape index (κ1) is 17.5. The van der Waals surface area contributed by atoms with E-state index in [0.717, 1.165) is 28.0 Å². The monoisotopic (exact) mass is 372 g/mol. The van der Waals surface area contributed by atoms with E-state index in [2.05, 4.69) is 70.0 Å². The molecule has 0 unspecified atom stereocenters. The van der Waals surface area contributed by atoms with Crippen LogP contribution >= 0.6 is 11.8 Å². The number of nitrogens with zero attached hydrogens (tertiary/aromatic N) is 4. The van der Waals surface area contributed by atoms with E-state index in [4.69, 9.17) is 0 Å². The molecule has 2 heterocycles. The molecule has 0 N–H and O–H groups in total. The zero-order valence-corrected chi connectivity index (χ0v) is 16.1. The highest BCUT2D eigenvalue weighted by molar-refractivity contribution is 7.98. The van der Waals surface area contributed by atoms with Crippen molar-refractivity contribution in [2.24, 2.45) is 0 Å². The van der Waals surface area contributed by atoms with Crippen LogP contribution in [0.2, 0.25) is 0 Å². The average molecular weight is 372 g/mol. The van der Waals surface area contributed by atoms with E-state index >= 15 is 0 Å². The highest BCUT2D eigenvalue weighted by Gasteiger charge is 2.17. The number of hydrogen-bond donors (Lipinski definition) is 0. The number of thioether (sulfide) groups is 1. The van der Waals surface area contributed by atoms with Crippen LogP contribution in [0.3, 0.4) is 0 Å². The molecule has 27 heavy (non-hydrogen) atoms. The lowest BCUT2D eigenvalue weighted by Gasteiger charge is -2.12. The van der Waals surface area contributed by atoms with Crippen molar-refractivity contribution in [3.8, 4) is 17.1 Å². The van der Waals surface area contributed by atoms with Crippen molar-refractivity contribution in [2.75, 3.05) is 0 Å². The summed E-state index contributed by atoms with van der Waals surface area (Å²) in [5, 5.41) is 9.85. The number of aryl methyl sites for hydroxylation is 2. The van der Waals surface area contributed by atoms with Gasteiger partial charge in [-0.15, -0.1) is 10.2 Å². The zero-order valence-electron chi connectivity index (χ0n) is 15.3. The smallest absolute Gasteiger partial charge is 0.196 e. The first-order valence-corrected chi connectivity index (χ1v) is 9.81. The van der Waals surface area contributed by atoms with Crippen molar-refractivity contribution in [3.63, 3.8) is 0 Å². The first-order chi connectivity index (χ1) is 13.2. The van der Waals surface area contributed by atoms with Gasteiger partial charge in [-0.25, -0.2) is 0 Å². The topological polar surface area (TPSA) is 43.6 Å². The largest absolute Gasteiger partial charge is 0.270 e. The summed E-state index contributed by atoms with van der Waals surface area (Å²) in [5.41, 5.74) is 5.77. The van der Waals surface area contributed by atoms with Gasteiger partial charge in [0.25, 0.3) is 0 Å². The molecule has 5 heteroatoms. The lowest BCUT2D eigenvalue weighted by atomic mass is 10.2. The standard InChI is InChI=1S/C22H20N4S/c1-16-9-11-18(12-10-16)15-27-22-25-24-21(19-7-5-13-23-14-19)26(22)20-8-4-3-6-17(20)2/h3-14H,15H2,1-2H3. The van der Waals surface area contributed by atoms with E-state index in [0.29, 0.717) is 0 Å². The summed E-state index contributed by atoms with van der Waals surface area (Å²) in [4.78, 5) is 4.24. The normalized spacial score (nSPS) is 10.9. The quantitative estimate of drug-likeness (QED) is 0.450. The second-order valence-electron chi connectivity index (χ2n) is 6.44. The van der Waals surface area contributed by atoms with Gasteiger partial charge >= 0.3 is 0 Å². The van der Waals surface area contributed by atoms with Gasteiger partial charge < -0.3 is 0 Å². The molecule has 134 valence electrons. The van der Waals surface area contributed by atoms with Crippen molar-refractivity contribution in [3.05, 3.63) is 89.7 Å². The summed E-state index contributed by atoms with van der Waals surface area (Å²) in [6, 6.07) is 20.9. The highest BCUT2D eigenvalue weighted by atomic mass is 32.2. The second kappa shape index (κ2) is 7.76. The Balaban J connectivity index is 1.74. The predicted molar refractivity (Wildman–Crippen MR) is 110 cm³/mol. The summed E-state index contributed by atoms with van der Waals surface area (Å²) >= 11 is 1.69. The van der Waals surface area contributed by atoms with E-state index in [1.165, 1.54) is 16.7 Å². The molecular weight excluding hydrogens is 352 g/mol. The van der Waals surface area contributed by atoms with Crippen molar-refractivity contribution in [1.29, 1.82) is 0 Å². The Morgan fingerprint density at radius 2 is 1.70 bits per heavy atom. The molecular formula is C22H20N4S. The van der Waals surface area contributed by atoms with Gasteiger partial charge in [0.1, 0.15) is 0 Å². The summed E-state index contributed by atoms with van der Waals surface area (Å²) < 4.78 is 2.13. The van der Waals surface area contributed by atoms with Gasteiger partial charge in [-0.05, 0) is 43.2 Å². The minimum Gasteiger partial charge on any atom is -0.270 e. The fourth-order valence-corrected chi connectivity index (χ4v) is 3.81. The Labute approximate surface area is 163 Å². The van der Waals surface area contributed by atoms with Crippen LogP contribution in [0.4, 0.5) is 0 Å². The Bertz CT molecular complexity index is 1040. The first-order valence-electron chi connectivity index (χ1n) is 8.82. The number of para-hydroxylation sites is 1. The van der Waals surface area contributed by atoms with Crippen LogP contribution in [-0.4, -0.2) is 19.7 Å². The summed E-state index contributed by atoms with van der Waals surface area (Å²) in [6.45, 7) is 4.21. The highest BCUT2D eigenvalue weighted by Crippen LogP contribution is 2.30. The van der Waals surface area contributed by atoms with E-state index in [1.54, 1.807) is 18.0 Å². The Morgan fingerprint density at radius 3 is 2.44 bits per heavy atom. The summed E-state index contributed by atoms with van der Waals surface area (Å²) in [6.07, 6.45) is 3.60. The number of benzene rings is 2. The van der Waals surface area contributed by atoms with E-state index in [1.807, 2.05) is 30.5 Å². The van der Waals surface area contributed by atoms with Crippen LogP contribution in [0, 0.1) is 13.8 Å². The zero-order chi connectivity index (χ0) is 18.6. The molecule has 0 radical (unpaired) electrons. The molecule has 0 bridgehead atoms. The second-order valence-corrected chi connectivity index (χ2v) is 7.39. The van der Waals surface area contributed by atoms with E-state index < -0.39 is 0 Å². The number of aromatic nitrogens is 4. The molecule has 0 saturated carbocycles. The Morgan fingerprint density at radius 1 is 0.889 bits per heavy atom. The van der Waals surface area contributed by atoms with Gasteiger partial charge in [0, 0.05) is 23.7 Å².